The molecule has 1 unspecified atom stereocenters. The van der Waals surface area contributed by atoms with Crippen molar-refractivity contribution in [2.45, 2.75) is 39.5 Å². The maximum absolute atomic E-state index is 6.09. The highest BCUT2D eigenvalue weighted by Crippen LogP contribution is 2.29. The molecular weight excluding hydrogens is 263 g/mol. The number of aryl methyl sites for hydroxylation is 1. The Morgan fingerprint density at radius 2 is 1.60 bits per heavy atom. The SMILES string of the molecule is CCCc1cccc(OPc2ccccc2)c1CCC. The minimum absolute atomic E-state index is 0.381. The van der Waals surface area contributed by atoms with Gasteiger partial charge in [-0.05, 0) is 30.0 Å². The lowest BCUT2D eigenvalue weighted by atomic mass is 9.99. The third kappa shape index (κ3) is 4.08. The first kappa shape index (κ1) is 15.1. The lowest BCUT2D eigenvalue weighted by molar-refractivity contribution is 0.620. The summed E-state index contributed by atoms with van der Waals surface area (Å²) in [4.78, 5) is 0. The second kappa shape index (κ2) is 8.07. The molecule has 2 heteroatoms. The Morgan fingerprint density at radius 1 is 0.850 bits per heavy atom. The average Bonchev–Trinajstić information content (AvgIpc) is 2.49. The quantitative estimate of drug-likeness (QED) is 0.658. The minimum Gasteiger partial charge on any atom is -0.472 e. The summed E-state index contributed by atoms with van der Waals surface area (Å²) in [6, 6.07) is 16.9. The lowest BCUT2D eigenvalue weighted by Gasteiger charge is -2.15. The molecule has 0 radical (unpaired) electrons. The highest BCUT2D eigenvalue weighted by Gasteiger charge is 2.08. The van der Waals surface area contributed by atoms with Crippen LogP contribution in [0.4, 0.5) is 0 Å². The van der Waals surface area contributed by atoms with Crippen LogP contribution in [-0.2, 0) is 12.8 Å². The third-order valence-electron chi connectivity index (χ3n) is 3.30. The smallest absolute Gasteiger partial charge is 0.126 e. The Balaban J connectivity index is 2.15. The lowest BCUT2D eigenvalue weighted by Crippen LogP contribution is -2.00. The molecule has 0 bridgehead atoms. The predicted octanol–water partition coefficient (Wildman–Crippen LogP) is 4.89. The van der Waals surface area contributed by atoms with E-state index < -0.39 is 0 Å². The summed E-state index contributed by atoms with van der Waals surface area (Å²) in [5, 5.41) is 1.25. The van der Waals surface area contributed by atoms with Crippen molar-refractivity contribution in [1.29, 1.82) is 0 Å². The van der Waals surface area contributed by atoms with Gasteiger partial charge in [0.25, 0.3) is 0 Å². The number of rotatable bonds is 7. The van der Waals surface area contributed by atoms with Crippen molar-refractivity contribution in [3.05, 3.63) is 59.7 Å². The molecule has 0 N–H and O–H groups in total. The van der Waals surface area contributed by atoms with E-state index in [2.05, 4.69) is 56.3 Å². The molecule has 0 heterocycles. The Hall–Kier alpha value is -1.33. The Morgan fingerprint density at radius 3 is 2.30 bits per heavy atom. The average molecular weight is 286 g/mol. The maximum atomic E-state index is 6.09. The molecule has 0 saturated heterocycles. The van der Waals surface area contributed by atoms with Gasteiger partial charge < -0.3 is 4.52 Å². The van der Waals surface area contributed by atoms with E-state index >= 15 is 0 Å². The summed E-state index contributed by atoms with van der Waals surface area (Å²) in [5.41, 5.74) is 2.85. The fourth-order valence-electron chi connectivity index (χ4n) is 2.36. The molecule has 1 atom stereocenters. The van der Waals surface area contributed by atoms with Gasteiger partial charge in [0.05, 0.1) is 0 Å². The first-order valence-electron chi connectivity index (χ1n) is 7.43. The molecule has 0 aliphatic carbocycles. The summed E-state index contributed by atoms with van der Waals surface area (Å²) in [6.07, 6.45) is 4.58. The molecular formula is C18H23OP. The van der Waals surface area contributed by atoms with Gasteiger partial charge in [-0.2, -0.15) is 0 Å². The summed E-state index contributed by atoms with van der Waals surface area (Å²) < 4.78 is 6.09. The van der Waals surface area contributed by atoms with E-state index in [9.17, 15) is 0 Å². The molecule has 0 fully saturated rings. The molecule has 2 rings (SSSR count). The molecule has 2 aromatic rings. The van der Waals surface area contributed by atoms with Gasteiger partial charge >= 0.3 is 0 Å². The topological polar surface area (TPSA) is 9.23 Å². The van der Waals surface area contributed by atoms with Crippen molar-refractivity contribution < 1.29 is 4.52 Å². The highest BCUT2D eigenvalue weighted by atomic mass is 31.1. The van der Waals surface area contributed by atoms with E-state index in [4.69, 9.17) is 4.52 Å². The maximum Gasteiger partial charge on any atom is 0.126 e. The molecule has 0 saturated carbocycles. The fourth-order valence-corrected chi connectivity index (χ4v) is 3.11. The zero-order chi connectivity index (χ0) is 14.2. The summed E-state index contributed by atoms with van der Waals surface area (Å²) in [7, 11) is 0.381. The number of hydrogen-bond acceptors (Lipinski definition) is 1. The molecule has 0 spiro atoms. The van der Waals surface area contributed by atoms with Crippen LogP contribution >= 0.6 is 8.81 Å². The van der Waals surface area contributed by atoms with E-state index in [0.29, 0.717) is 8.81 Å². The summed E-state index contributed by atoms with van der Waals surface area (Å²) in [6.45, 7) is 4.46. The third-order valence-corrected chi connectivity index (χ3v) is 4.19. The Labute approximate surface area is 124 Å². The zero-order valence-electron chi connectivity index (χ0n) is 12.4. The monoisotopic (exact) mass is 286 g/mol. The standard InChI is InChI=1S/C18H23OP/c1-3-9-15-11-8-14-18(17(15)10-4-2)19-20-16-12-6-5-7-13-16/h5-8,11-14,20H,3-4,9-10H2,1-2H3. The Bertz CT molecular complexity index is 522. The van der Waals surface area contributed by atoms with Crippen molar-refractivity contribution in [2.75, 3.05) is 0 Å². The van der Waals surface area contributed by atoms with Gasteiger partial charge in [0.2, 0.25) is 0 Å². The van der Waals surface area contributed by atoms with Crippen LogP contribution < -0.4 is 9.83 Å². The van der Waals surface area contributed by atoms with Gasteiger partial charge in [0.1, 0.15) is 14.6 Å². The molecule has 1 nitrogen and oxygen atoms in total. The van der Waals surface area contributed by atoms with Gasteiger partial charge in [0.15, 0.2) is 0 Å². The molecule has 0 aromatic heterocycles. The van der Waals surface area contributed by atoms with Gasteiger partial charge in [-0.25, -0.2) is 0 Å². The predicted molar refractivity (Wildman–Crippen MR) is 89.5 cm³/mol. The van der Waals surface area contributed by atoms with Crippen molar-refractivity contribution in [2.24, 2.45) is 0 Å². The van der Waals surface area contributed by atoms with Gasteiger partial charge in [-0.3, -0.25) is 0 Å². The van der Waals surface area contributed by atoms with Crippen LogP contribution in [0.25, 0.3) is 0 Å². The van der Waals surface area contributed by atoms with E-state index in [1.54, 1.807) is 0 Å². The van der Waals surface area contributed by atoms with Crippen molar-refractivity contribution >= 4 is 14.1 Å². The highest BCUT2D eigenvalue weighted by molar-refractivity contribution is 7.42. The van der Waals surface area contributed by atoms with E-state index in [1.807, 2.05) is 6.07 Å². The van der Waals surface area contributed by atoms with Crippen LogP contribution in [0, 0.1) is 0 Å². The van der Waals surface area contributed by atoms with E-state index in [1.165, 1.54) is 22.9 Å². The molecule has 106 valence electrons. The second-order valence-corrected chi connectivity index (χ2v) is 5.95. The molecule has 20 heavy (non-hydrogen) atoms. The van der Waals surface area contributed by atoms with Crippen molar-refractivity contribution in [3.8, 4) is 5.75 Å². The first-order valence-corrected chi connectivity index (χ1v) is 8.34. The fraction of sp³-hybridized carbons (Fsp3) is 0.333. The van der Waals surface area contributed by atoms with Crippen molar-refractivity contribution in [3.63, 3.8) is 0 Å². The first-order chi connectivity index (χ1) is 9.85. The number of benzene rings is 2. The molecule has 0 aliphatic rings. The van der Waals surface area contributed by atoms with Gasteiger partial charge in [-0.1, -0.05) is 69.2 Å². The molecule has 2 aromatic carbocycles. The van der Waals surface area contributed by atoms with Crippen LogP contribution in [0.2, 0.25) is 0 Å². The van der Waals surface area contributed by atoms with Gasteiger partial charge in [0, 0.05) is 5.30 Å². The second-order valence-electron chi connectivity index (χ2n) is 4.96. The Kier molecular flexibility index (Phi) is 6.08. The molecule has 0 aliphatic heterocycles. The summed E-state index contributed by atoms with van der Waals surface area (Å²) >= 11 is 0. The largest absolute Gasteiger partial charge is 0.472 e. The van der Waals surface area contributed by atoms with E-state index in [-0.39, 0.29) is 0 Å². The number of hydrogen-bond donors (Lipinski definition) is 0. The van der Waals surface area contributed by atoms with Gasteiger partial charge in [-0.15, -0.1) is 0 Å². The van der Waals surface area contributed by atoms with Crippen LogP contribution in [0.1, 0.15) is 37.8 Å². The van der Waals surface area contributed by atoms with Crippen molar-refractivity contribution in [1.82, 2.24) is 0 Å². The van der Waals surface area contributed by atoms with Crippen LogP contribution in [0.3, 0.4) is 0 Å². The normalized spacial score (nSPS) is 11.1. The molecule has 0 amide bonds. The van der Waals surface area contributed by atoms with Crippen LogP contribution in [0.15, 0.2) is 48.5 Å². The minimum atomic E-state index is 0.381. The zero-order valence-corrected chi connectivity index (χ0v) is 13.4. The summed E-state index contributed by atoms with van der Waals surface area (Å²) in [5.74, 6) is 1.07. The van der Waals surface area contributed by atoms with Crippen LogP contribution in [0.5, 0.6) is 5.75 Å². The van der Waals surface area contributed by atoms with E-state index in [0.717, 1.165) is 25.0 Å². The van der Waals surface area contributed by atoms with Crippen LogP contribution in [-0.4, -0.2) is 0 Å².